The maximum Gasteiger partial charge on any atom is 0.306 e. The Balaban J connectivity index is 4.35. The highest BCUT2D eigenvalue weighted by Gasteiger charge is 2.19. The van der Waals surface area contributed by atoms with E-state index in [1.54, 1.807) is 0 Å². The van der Waals surface area contributed by atoms with Crippen molar-refractivity contribution in [1.82, 2.24) is 0 Å². The number of esters is 3. The van der Waals surface area contributed by atoms with Crippen LogP contribution in [0.4, 0.5) is 0 Å². The molecule has 0 aromatic heterocycles. The van der Waals surface area contributed by atoms with Crippen molar-refractivity contribution >= 4 is 17.9 Å². The molecule has 0 fully saturated rings. The fourth-order valence-corrected chi connectivity index (χ4v) is 7.33. The Labute approximate surface area is 378 Å². The van der Waals surface area contributed by atoms with Crippen LogP contribution in [0.25, 0.3) is 0 Å². The van der Waals surface area contributed by atoms with Crippen molar-refractivity contribution in [1.29, 1.82) is 0 Å². The molecule has 0 aliphatic carbocycles. The van der Waals surface area contributed by atoms with Crippen LogP contribution in [0, 0.1) is 0 Å². The average molecular weight is 855 g/mol. The lowest BCUT2D eigenvalue weighted by molar-refractivity contribution is -0.167. The maximum absolute atomic E-state index is 12.8. The van der Waals surface area contributed by atoms with Gasteiger partial charge < -0.3 is 14.2 Å². The third-order valence-corrected chi connectivity index (χ3v) is 11.3. The van der Waals surface area contributed by atoms with E-state index < -0.39 is 6.10 Å². The van der Waals surface area contributed by atoms with Crippen LogP contribution >= 0.6 is 0 Å². The molecule has 0 amide bonds. The minimum Gasteiger partial charge on any atom is -0.462 e. The van der Waals surface area contributed by atoms with Crippen molar-refractivity contribution in [2.45, 2.75) is 271 Å². The van der Waals surface area contributed by atoms with Crippen LogP contribution in [-0.2, 0) is 28.6 Å². The first-order chi connectivity index (χ1) is 30.0. The molecule has 6 nitrogen and oxygen atoms in total. The summed E-state index contributed by atoms with van der Waals surface area (Å²) in [5, 5.41) is 0. The van der Waals surface area contributed by atoms with Crippen LogP contribution in [0.5, 0.6) is 0 Å². The van der Waals surface area contributed by atoms with E-state index in [-0.39, 0.29) is 31.1 Å². The fourth-order valence-electron chi connectivity index (χ4n) is 7.33. The van der Waals surface area contributed by atoms with Crippen LogP contribution in [0.15, 0.2) is 48.6 Å². The molecule has 61 heavy (non-hydrogen) atoms. The number of ether oxygens (including phenoxy) is 3. The third-order valence-electron chi connectivity index (χ3n) is 11.3. The molecule has 0 heterocycles. The van der Waals surface area contributed by atoms with Gasteiger partial charge in [0, 0.05) is 19.3 Å². The second kappa shape index (κ2) is 50.0. The molecule has 0 bridgehead atoms. The first-order valence-electron chi connectivity index (χ1n) is 26.1. The lowest BCUT2D eigenvalue weighted by atomic mass is 10.1. The topological polar surface area (TPSA) is 78.9 Å². The maximum atomic E-state index is 12.8. The minimum absolute atomic E-state index is 0.0788. The van der Waals surface area contributed by atoms with Gasteiger partial charge in [-0.2, -0.15) is 0 Å². The van der Waals surface area contributed by atoms with Gasteiger partial charge in [0.2, 0.25) is 0 Å². The summed E-state index contributed by atoms with van der Waals surface area (Å²) in [5.74, 6) is -0.895. The standard InChI is InChI=1S/C55H98O6/c1-4-7-10-13-16-19-22-24-26-27-28-29-30-32-33-36-39-42-45-48-54(57)60-51-52(50-59-53(56)47-44-41-38-35-21-18-15-12-9-6-3)61-55(58)49-46-43-40-37-34-31-25-23-20-17-14-11-8-5-2/h16,19,23-26,28-29,52H,4-15,17-18,20-22,27,30-51H2,1-3H3/b19-16-,25-23-,26-24-,29-28-. The predicted octanol–water partition coefficient (Wildman–Crippen LogP) is 17.1. The Kier molecular flexibility index (Phi) is 47.9. The zero-order valence-corrected chi connectivity index (χ0v) is 40.4. The number of carbonyl (C=O) groups excluding carboxylic acids is 3. The third kappa shape index (κ3) is 48.3. The summed E-state index contributed by atoms with van der Waals surface area (Å²) in [4.78, 5) is 37.9. The smallest absolute Gasteiger partial charge is 0.306 e. The number of hydrogen-bond acceptors (Lipinski definition) is 6. The minimum atomic E-state index is -0.779. The van der Waals surface area contributed by atoms with E-state index >= 15 is 0 Å². The Bertz CT molecular complexity index is 1070. The van der Waals surface area contributed by atoms with E-state index in [1.807, 2.05) is 0 Å². The second-order valence-electron chi connectivity index (χ2n) is 17.4. The van der Waals surface area contributed by atoms with Crippen molar-refractivity contribution in [3.05, 3.63) is 48.6 Å². The molecule has 0 radical (unpaired) electrons. The highest BCUT2D eigenvalue weighted by atomic mass is 16.6. The van der Waals surface area contributed by atoms with Gasteiger partial charge in [-0.1, -0.05) is 211 Å². The van der Waals surface area contributed by atoms with Gasteiger partial charge >= 0.3 is 17.9 Å². The summed E-state index contributed by atoms with van der Waals surface area (Å²) in [5.41, 5.74) is 0. The first kappa shape index (κ1) is 58.4. The number of hydrogen-bond donors (Lipinski definition) is 0. The van der Waals surface area contributed by atoms with E-state index in [2.05, 4.69) is 69.4 Å². The van der Waals surface area contributed by atoms with Crippen LogP contribution in [0.2, 0.25) is 0 Å². The van der Waals surface area contributed by atoms with E-state index in [0.29, 0.717) is 19.3 Å². The van der Waals surface area contributed by atoms with Crippen LogP contribution in [0.1, 0.15) is 265 Å². The molecule has 1 unspecified atom stereocenters. The molecule has 6 heteroatoms. The zero-order chi connectivity index (χ0) is 44.4. The van der Waals surface area contributed by atoms with Gasteiger partial charge in [0.15, 0.2) is 6.10 Å². The van der Waals surface area contributed by atoms with Crippen molar-refractivity contribution in [2.75, 3.05) is 13.2 Å². The molecule has 0 aromatic carbocycles. The number of unbranched alkanes of at least 4 members (excludes halogenated alkanes) is 28. The summed E-state index contributed by atoms with van der Waals surface area (Å²) in [7, 11) is 0. The summed E-state index contributed by atoms with van der Waals surface area (Å²) in [6.45, 7) is 6.58. The summed E-state index contributed by atoms with van der Waals surface area (Å²) in [6, 6.07) is 0. The van der Waals surface area contributed by atoms with Crippen LogP contribution in [0.3, 0.4) is 0 Å². The van der Waals surface area contributed by atoms with Gasteiger partial charge in [-0.05, 0) is 83.5 Å². The average Bonchev–Trinajstić information content (AvgIpc) is 3.26. The molecule has 1 atom stereocenters. The lowest BCUT2D eigenvalue weighted by Gasteiger charge is -2.18. The highest BCUT2D eigenvalue weighted by molar-refractivity contribution is 5.71. The Hall–Kier alpha value is -2.63. The molecule has 0 spiro atoms. The van der Waals surface area contributed by atoms with Gasteiger partial charge in [0.1, 0.15) is 13.2 Å². The van der Waals surface area contributed by atoms with E-state index in [0.717, 1.165) is 89.9 Å². The Morgan fingerprint density at radius 1 is 0.328 bits per heavy atom. The molecule has 0 aliphatic rings. The summed E-state index contributed by atoms with van der Waals surface area (Å²) < 4.78 is 16.8. The quantitative estimate of drug-likeness (QED) is 0.0263. The monoisotopic (exact) mass is 855 g/mol. The number of rotatable bonds is 47. The molecule has 0 rings (SSSR count). The second-order valence-corrected chi connectivity index (χ2v) is 17.4. The Morgan fingerprint density at radius 2 is 0.590 bits per heavy atom. The zero-order valence-electron chi connectivity index (χ0n) is 40.4. The van der Waals surface area contributed by atoms with Gasteiger partial charge in [0.25, 0.3) is 0 Å². The van der Waals surface area contributed by atoms with Gasteiger partial charge in [-0.3, -0.25) is 14.4 Å². The van der Waals surface area contributed by atoms with Crippen molar-refractivity contribution in [3.8, 4) is 0 Å². The molecule has 0 aliphatic heterocycles. The summed E-state index contributed by atoms with van der Waals surface area (Å²) >= 11 is 0. The van der Waals surface area contributed by atoms with E-state index in [9.17, 15) is 14.4 Å². The molecule has 0 saturated carbocycles. The van der Waals surface area contributed by atoms with Gasteiger partial charge in [-0.15, -0.1) is 0 Å². The molecular weight excluding hydrogens is 757 g/mol. The first-order valence-corrected chi connectivity index (χ1v) is 26.1. The Morgan fingerprint density at radius 3 is 0.967 bits per heavy atom. The van der Waals surface area contributed by atoms with Crippen LogP contribution in [-0.4, -0.2) is 37.2 Å². The highest BCUT2D eigenvalue weighted by Crippen LogP contribution is 2.14. The van der Waals surface area contributed by atoms with Gasteiger partial charge in [-0.25, -0.2) is 0 Å². The lowest BCUT2D eigenvalue weighted by Crippen LogP contribution is -2.30. The van der Waals surface area contributed by atoms with E-state index in [4.69, 9.17) is 14.2 Å². The van der Waals surface area contributed by atoms with Crippen molar-refractivity contribution in [3.63, 3.8) is 0 Å². The molecule has 0 saturated heterocycles. The summed E-state index contributed by atoms with van der Waals surface area (Å²) in [6.07, 6.45) is 59.5. The number of allylic oxidation sites excluding steroid dienone is 8. The molecular formula is C55H98O6. The molecule has 0 aromatic rings. The number of carbonyl (C=O) groups is 3. The van der Waals surface area contributed by atoms with Crippen molar-refractivity contribution < 1.29 is 28.6 Å². The normalized spacial score (nSPS) is 12.4. The SMILES string of the molecule is CCCCC/C=C\C/C=C\C/C=C\CCCCCCCCC(=O)OCC(COC(=O)CCCCCCCCCCCC)OC(=O)CCCCCCC/C=C\CCCCCCC. The predicted molar refractivity (Wildman–Crippen MR) is 261 cm³/mol. The van der Waals surface area contributed by atoms with E-state index in [1.165, 1.54) is 135 Å². The largest absolute Gasteiger partial charge is 0.462 e. The van der Waals surface area contributed by atoms with Gasteiger partial charge in [0.05, 0.1) is 0 Å². The molecule has 0 N–H and O–H groups in total. The van der Waals surface area contributed by atoms with Crippen LogP contribution < -0.4 is 0 Å². The molecule has 354 valence electrons. The van der Waals surface area contributed by atoms with Crippen molar-refractivity contribution in [2.24, 2.45) is 0 Å². The fraction of sp³-hybridized carbons (Fsp3) is 0.800.